The van der Waals surface area contributed by atoms with Crippen LogP contribution < -0.4 is 4.90 Å². The minimum atomic E-state index is -3.57. The Hall–Kier alpha value is -0.590. The predicted octanol–water partition coefficient (Wildman–Crippen LogP) is 2.93. The van der Waals surface area contributed by atoms with Gasteiger partial charge in [-0.2, -0.15) is 0 Å². The molecule has 7 heteroatoms. The third-order valence-corrected chi connectivity index (χ3v) is 5.09. The Morgan fingerprint density at radius 1 is 1.45 bits per heavy atom. The number of anilines is 1. The highest BCUT2D eigenvalue weighted by Gasteiger charge is 2.33. The molecule has 1 aromatic carbocycles. The molecule has 0 N–H and O–H groups in total. The number of benzene rings is 1. The molecule has 1 heterocycles. The summed E-state index contributed by atoms with van der Waals surface area (Å²) in [4.78, 5) is 13.8. The van der Waals surface area contributed by atoms with E-state index in [2.05, 4.69) is 15.9 Å². The molecule has 0 radical (unpaired) electrons. The number of carbonyl (C=O) groups excluding carboxylic acids is 1. The average Bonchev–Trinajstić information content (AvgIpc) is 2.67. The van der Waals surface area contributed by atoms with Gasteiger partial charge in [0.25, 0.3) is 0 Å². The third kappa shape index (κ3) is 3.74. The Labute approximate surface area is 131 Å². The summed E-state index contributed by atoms with van der Waals surface area (Å²) < 4.78 is 23.2. The van der Waals surface area contributed by atoms with Crippen LogP contribution in [0.2, 0.25) is 0 Å². The van der Waals surface area contributed by atoms with Crippen LogP contribution in [-0.2, 0) is 20.3 Å². The summed E-state index contributed by atoms with van der Waals surface area (Å²) in [5.74, 6) is -0.444. The summed E-state index contributed by atoms with van der Waals surface area (Å²) in [6, 6.07) is 5.75. The first-order valence-corrected chi connectivity index (χ1v) is 9.58. The van der Waals surface area contributed by atoms with E-state index in [0.29, 0.717) is 6.54 Å². The van der Waals surface area contributed by atoms with Crippen molar-refractivity contribution in [1.82, 2.24) is 0 Å². The summed E-state index contributed by atoms with van der Waals surface area (Å²) in [6.07, 6.45) is 1.03. The molecule has 0 aromatic heterocycles. The molecular formula is C13H15BrClNO3S. The highest BCUT2D eigenvalue weighted by atomic mass is 79.9. The van der Waals surface area contributed by atoms with Crippen molar-refractivity contribution in [3.8, 4) is 0 Å². The quantitative estimate of drug-likeness (QED) is 0.755. The number of rotatable bonds is 4. The largest absolute Gasteiger partial charge is 0.312 e. The molecule has 1 aliphatic rings. The van der Waals surface area contributed by atoms with Gasteiger partial charge < -0.3 is 4.90 Å². The summed E-state index contributed by atoms with van der Waals surface area (Å²) in [7, 11) is 1.70. The maximum Gasteiger partial charge on any atom is 0.232 e. The summed E-state index contributed by atoms with van der Waals surface area (Å²) in [6.45, 7) is 2.42. The zero-order valence-electron chi connectivity index (χ0n) is 11.0. The number of nitrogens with zero attached hydrogens (tertiary/aromatic N) is 1. The van der Waals surface area contributed by atoms with Gasteiger partial charge in [-0.25, -0.2) is 8.42 Å². The Morgan fingerprint density at radius 2 is 2.15 bits per heavy atom. The van der Waals surface area contributed by atoms with Crippen LogP contribution in [0.4, 0.5) is 5.69 Å². The summed E-state index contributed by atoms with van der Waals surface area (Å²) in [5, 5.41) is 0. The first-order chi connectivity index (χ1) is 9.30. The molecule has 0 bridgehead atoms. The second-order valence-electron chi connectivity index (χ2n) is 4.91. The predicted molar refractivity (Wildman–Crippen MR) is 83.6 cm³/mol. The molecule has 4 nitrogen and oxygen atoms in total. The van der Waals surface area contributed by atoms with Crippen molar-refractivity contribution in [2.24, 2.45) is 5.92 Å². The first kappa shape index (κ1) is 15.8. The molecule has 0 spiro atoms. The third-order valence-electron chi connectivity index (χ3n) is 3.35. The lowest BCUT2D eigenvalue weighted by molar-refractivity contribution is -0.117. The van der Waals surface area contributed by atoms with Gasteiger partial charge in [-0.3, -0.25) is 4.79 Å². The van der Waals surface area contributed by atoms with Crippen LogP contribution in [0, 0.1) is 5.92 Å². The van der Waals surface area contributed by atoms with E-state index < -0.39 is 9.05 Å². The Morgan fingerprint density at radius 3 is 2.75 bits per heavy atom. The molecule has 1 amide bonds. The monoisotopic (exact) mass is 379 g/mol. The average molecular weight is 381 g/mol. The number of hydrogen-bond donors (Lipinski definition) is 0. The summed E-state index contributed by atoms with van der Waals surface area (Å²) in [5.41, 5.74) is 1.91. The fourth-order valence-corrected chi connectivity index (χ4v) is 4.24. The van der Waals surface area contributed by atoms with Gasteiger partial charge in [0.05, 0.1) is 5.75 Å². The van der Waals surface area contributed by atoms with Crippen LogP contribution in [-0.4, -0.2) is 26.6 Å². The summed E-state index contributed by atoms with van der Waals surface area (Å²) >= 11 is 3.41. The van der Waals surface area contributed by atoms with Crippen LogP contribution in [0.5, 0.6) is 0 Å². The highest BCUT2D eigenvalue weighted by molar-refractivity contribution is 9.10. The van der Waals surface area contributed by atoms with Gasteiger partial charge in [-0.05, 0) is 30.2 Å². The zero-order valence-corrected chi connectivity index (χ0v) is 14.1. The van der Waals surface area contributed by atoms with Gasteiger partial charge in [-0.1, -0.05) is 22.9 Å². The second kappa shape index (κ2) is 6.03. The number of amides is 1. The highest BCUT2D eigenvalue weighted by Crippen LogP contribution is 2.31. The molecule has 2 rings (SSSR count). The van der Waals surface area contributed by atoms with Crippen LogP contribution >= 0.6 is 26.6 Å². The number of carbonyl (C=O) groups is 1. The van der Waals surface area contributed by atoms with Crippen LogP contribution in [0.25, 0.3) is 0 Å². The van der Waals surface area contributed by atoms with Crippen LogP contribution in [0.3, 0.4) is 0 Å². The number of aryl methyl sites for hydroxylation is 1. The molecule has 110 valence electrons. The van der Waals surface area contributed by atoms with Gasteiger partial charge in [-0.15, -0.1) is 0 Å². The minimum absolute atomic E-state index is 0.0488. The Kier molecular flexibility index (Phi) is 4.76. The topological polar surface area (TPSA) is 54.5 Å². The van der Waals surface area contributed by atoms with E-state index >= 15 is 0 Å². The van der Waals surface area contributed by atoms with Crippen molar-refractivity contribution >= 4 is 47.3 Å². The van der Waals surface area contributed by atoms with E-state index in [4.69, 9.17) is 10.7 Å². The van der Waals surface area contributed by atoms with Gasteiger partial charge in [0.15, 0.2) is 0 Å². The lowest BCUT2D eigenvalue weighted by atomic mass is 10.1. The van der Waals surface area contributed by atoms with Crippen LogP contribution in [0.1, 0.15) is 18.9 Å². The Balaban J connectivity index is 2.24. The first-order valence-electron chi connectivity index (χ1n) is 6.31. The molecule has 1 unspecified atom stereocenters. The molecule has 1 aromatic rings. The van der Waals surface area contributed by atoms with E-state index in [1.165, 1.54) is 0 Å². The number of halogens is 2. The van der Waals surface area contributed by atoms with Crippen molar-refractivity contribution in [2.75, 3.05) is 17.2 Å². The Bertz CT molecular complexity index is 633. The fourth-order valence-electron chi connectivity index (χ4n) is 2.51. The van der Waals surface area contributed by atoms with E-state index in [9.17, 15) is 13.2 Å². The smallest absolute Gasteiger partial charge is 0.232 e. The maximum atomic E-state index is 12.1. The van der Waals surface area contributed by atoms with Gasteiger partial charge in [0.2, 0.25) is 15.0 Å². The van der Waals surface area contributed by atoms with Crippen molar-refractivity contribution < 1.29 is 13.2 Å². The molecule has 1 atom stereocenters. The van der Waals surface area contributed by atoms with E-state index in [0.717, 1.165) is 22.1 Å². The van der Waals surface area contributed by atoms with Gasteiger partial charge in [0, 0.05) is 39.7 Å². The fraction of sp³-hybridized carbons (Fsp3) is 0.462. The van der Waals surface area contributed by atoms with Crippen molar-refractivity contribution in [1.29, 1.82) is 0 Å². The van der Waals surface area contributed by atoms with Crippen LogP contribution in [0.15, 0.2) is 22.7 Å². The van der Waals surface area contributed by atoms with E-state index in [-0.39, 0.29) is 24.0 Å². The lowest BCUT2D eigenvalue weighted by Crippen LogP contribution is -2.26. The molecular weight excluding hydrogens is 366 g/mol. The molecule has 20 heavy (non-hydrogen) atoms. The zero-order chi connectivity index (χ0) is 14.9. The molecule has 1 saturated heterocycles. The van der Waals surface area contributed by atoms with Gasteiger partial charge >= 0.3 is 0 Å². The van der Waals surface area contributed by atoms with Crippen molar-refractivity contribution in [3.63, 3.8) is 0 Å². The maximum absolute atomic E-state index is 12.1. The van der Waals surface area contributed by atoms with Gasteiger partial charge in [0.1, 0.15) is 0 Å². The number of hydrogen-bond acceptors (Lipinski definition) is 3. The SMILES string of the molecule is CCc1cc(Br)ccc1N1CC(CS(=O)(=O)Cl)CC1=O. The molecule has 1 aliphatic heterocycles. The minimum Gasteiger partial charge on any atom is -0.312 e. The van der Waals surface area contributed by atoms with Crippen molar-refractivity contribution in [3.05, 3.63) is 28.2 Å². The van der Waals surface area contributed by atoms with Crippen molar-refractivity contribution in [2.45, 2.75) is 19.8 Å². The molecule has 1 fully saturated rings. The second-order valence-corrected chi connectivity index (χ2v) is 8.64. The lowest BCUT2D eigenvalue weighted by Gasteiger charge is -2.20. The molecule has 0 aliphatic carbocycles. The van der Waals surface area contributed by atoms with E-state index in [1.54, 1.807) is 4.90 Å². The normalized spacial score (nSPS) is 19.6. The standard InChI is InChI=1S/C13H15BrClNO3S/c1-2-10-6-11(14)3-4-12(10)16-7-9(5-13(16)17)8-20(15,18)19/h3-4,6,9H,2,5,7-8H2,1H3. The molecule has 0 saturated carbocycles. The van der Waals surface area contributed by atoms with E-state index in [1.807, 2.05) is 25.1 Å².